The lowest BCUT2D eigenvalue weighted by Crippen LogP contribution is -2.42. The van der Waals surface area contributed by atoms with Crippen molar-refractivity contribution in [3.05, 3.63) is 28.8 Å². The fraction of sp³-hybridized carbons (Fsp3) is 0.500. The molecule has 4 heteroatoms. The van der Waals surface area contributed by atoms with Crippen molar-refractivity contribution < 1.29 is 0 Å². The highest BCUT2D eigenvalue weighted by atomic mass is 35.5. The van der Waals surface area contributed by atoms with E-state index in [2.05, 4.69) is 23.6 Å². The molecule has 1 aliphatic rings. The lowest BCUT2D eigenvalue weighted by Gasteiger charge is -2.34. The van der Waals surface area contributed by atoms with Crippen LogP contribution in [0.3, 0.4) is 0 Å². The molecular weight excluding hydrogens is 246 g/mol. The molecule has 1 atom stereocenters. The summed E-state index contributed by atoms with van der Waals surface area (Å²) in [4.78, 5) is 0. The van der Waals surface area contributed by atoms with Gasteiger partial charge in [0.1, 0.15) is 6.07 Å². The van der Waals surface area contributed by atoms with Gasteiger partial charge in [-0.2, -0.15) is 5.26 Å². The van der Waals surface area contributed by atoms with E-state index in [4.69, 9.17) is 16.9 Å². The van der Waals surface area contributed by atoms with E-state index in [0.29, 0.717) is 16.0 Å². The van der Waals surface area contributed by atoms with Crippen LogP contribution in [0.1, 0.15) is 25.3 Å². The monoisotopic (exact) mass is 263 g/mol. The number of nitrogens with one attached hydrogen (secondary N) is 2. The molecule has 3 nitrogen and oxygen atoms in total. The van der Waals surface area contributed by atoms with Gasteiger partial charge < -0.3 is 10.6 Å². The molecule has 0 radical (unpaired) electrons. The molecule has 2 rings (SSSR count). The average molecular weight is 264 g/mol. The molecule has 1 aliphatic heterocycles. The molecule has 1 aromatic carbocycles. The number of benzene rings is 1. The maximum absolute atomic E-state index is 8.82. The zero-order valence-corrected chi connectivity index (χ0v) is 11.3. The SMILES string of the molecule is CC1(CNc2ccc(C#N)c(Cl)c2)CCCNC1. The summed E-state index contributed by atoms with van der Waals surface area (Å²) >= 11 is 6.01. The quantitative estimate of drug-likeness (QED) is 0.881. The average Bonchev–Trinajstić information content (AvgIpc) is 2.38. The van der Waals surface area contributed by atoms with Gasteiger partial charge in [-0.15, -0.1) is 0 Å². The molecule has 0 amide bonds. The van der Waals surface area contributed by atoms with Gasteiger partial charge in [0, 0.05) is 18.8 Å². The van der Waals surface area contributed by atoms with Crippen molar-refractivity contribution in [2.75, 3.05) is 25.0 Å². The molecule has 0 saturated carbocycles. The number of nitrogens with zero attached hydrogens (tertiary/aromatic N) is 1. The molecule has 1 fully saturated rings. The summed E-state index contributed by atoms with van der Waals surface area (Å²) in [5.74, 6) is 0. The minimum Gasteiger partial charge on any atom is -0.384 e. The molecule has 2 N–H and O–H groups in total. The Morgan fingerprint density at radius 2 is 2.39 bits per heavy atom. The molecule has 18 heavy (non-hydrogen) atoms. The van der Waals surface area contributed by atoms with Gasteiger partial charge in [-0.1, -0.05) is 18.5 Å². The summed E-state index contributed by atoms with van der Waals surface area (Å²) in [5, 5.41) is 16.2. The maximum Gasteiger partial charge on any atom is 0.101 e. The van der Waals surface area contributed by atoms with E-state index in [1.807, 2.05) is 12.1 Å². The zero-order chi connectivity index (χ0) is 13.0. The summed E-state index contributed by atoms with van der Waals surface area (Å²) in [6, 6.07) is 7.55. The molecule has 1 heterocycles. The molecule has 0 aromatic heterocycles. The number of piperidine rings is 1. The predicted molar refractivity (Wildman–Crippen MR) is 74.9 cm³/mol. The minimum atomic E-state index is 0.290. The number of rotatable bonds is 3. The Bertz CT molecular complexity index is 459. The Labute approximate surface area is 113 Å². The second-order valence-electron chi connectivity index (χ2n) is 5.25. The Hall–Kier alpha value is -1.24. The number of halogens is 1. The first-order valence-electron chi connectivity index (χ1n) is 6.27. The molecule has 0 bridgehead atoms. The third-order valence-electron chi connectivity index (χ3n) is 3.49. The van der Waals surface area contributed by atoms with Crippen LogP contribution >= 0.6 is 11.6 Å². The Morgan fingerprint density at radius 3 is 3.00 bits per heavy atom. The predicted octanol–water partition coefficient (Wildman–Crippen LogP) is 3.01. The van der Waals surface area contributed by atoms with Crippen molar-refractivity contribution >= 4 is 17.3 Å². The molecule has 1 saturated heterocycles. The third-order valence-corrected chi connectivity index (χ3v) is 3.81. The van der Waals surface area contributed by atoms with E-state index in [9.17, 15) is 0 Å². The lowest BCUT2D eigenvalue weighted by molar-refractivity contribution is 0.253. The summed E-state index contributed by atoms with van der Waals surface area (Å²) in [5.41, 5.74) is 1.79. The highest BCUT2D eigenvalue weighted by Gasteiger charge is 2.26. The summed E-state index contributed by atoms with van der Waals surface area (Å²) in [6.07, 6.45) is 2.46. The standard InChI is InChI=1S/C14H18ClN3/c1-14(5-2-6-17-9-14)10-18-12-4-3-11(8-16)13(15)7-12/h3-4,7,17-18H,2,5-6,9-10H2,1H3. The van der Waals surface area contributed by atoms with Crippen molar-refractivity contribution in [1.82, 2.24) is 5.32 Å². The van der Waals surface area contributed by atoms with Crippen LogP contribution in [-0.4, -0.2) is 19.6 Å². The van der Waals surface area contributed by atoms with E-state index in [-0.39, 0.29) is 0 Å². The van der Waals surface area contributed by atoms with Gasteiger partial charge in [-0.05, 0) is 43.0 Å². The molecule has 0 spiro atoms. The van der Waals surface area contributed by atoms with Crippen molar-refractivity contribution in [2.24, 2.45) is 5.41 Å². The van der Waals surface area contributed by atoms with E-state index in [1.165, 1.54) is 12.8 Å². The largest absolute Gasteiger partial charge is 0.384 e. The van der Waals surface area contributed by atoms with Crippen LogP contribution in [0.4, 0.5) is 5.69 Å². The first-order chi connectivity index (χ1) is 8.63. The van der Waals surface area contributed by atoms with Crippen molar-refractivity contribution in [3.63, 3.8) is 0 Å². The van der Waals surface area contributed by atoms with Gasteiger partial charge in [-0.3, -0.25) is 0 Å². The van der Waals surface area contributed by atoms with Gasteiger partial charge in [0.2, 0.25) is 0 Å². The number of hydrogen-bond acceptors (Lipinski definition) is 3. The minimum absolute atomic E-state index is 0.290. The van der Waals surface area contributed by atoms with Crippen LogP contribution in [0.25, 0.3) is 0 Å². The highest BCUT2D eigenvalue weighted by molar-refractivity contribution is 6.32. The Balaban J connectivity index is 1.98. The molecule has 1 aromatic rings. The molecule has 96 valence electrons. The summed E-state index contributed by atoms with van der Waals surface area (Å²) in [7, 11) is 0. The van der Waals surface area contributed by atoms with Crippen LogP contribution in [0.5, 0.6) is 0 Å². The molecule has 0 aliphatic carbocycles. The van der Waals surface area contributed by atoms with E-state index >= 15 is 0 Å². The first kappa shape index (κ1) is 13.2. The summed E-state index contributed by atoms with van der Waals surface area (Å²) in [6.45, 7) is 5.38. The topological polar surface area (TPSA) is 47.9 Å². The Kier molecular flexibility index (Phi) is 4.11. The van der Waals surface area contributed by atoms with Crippen LogP contribution in [-0.2, 0) is 0 Å². The fourth-order valence-corrected chi connectivity index (χ4v) is 2.52. The van der Waals surface area contributed by atoms with Crippen LogP contribution < -0.4 is 10.6 Å². The number of nitriles is 1. The Morgan fingerprint density at radius 1 is 1.56 bits per heavy atom. The van der Waals surface area contributed by atoms with E-state index < -0.39 is 0 Å². The third kappa shape index (κ3) is 3.16. The van der Waals surface area contributed by atoms with Gasteiger partial charge in [0.05, 0.1) is 10.6 Å². The van der Waals surface area contributed by atoms with Gasteiger partial charge in [0.25, 0.3) is 0 Å². The normalized spacial score (nSPS) is 23.4. The second kappa shape index (κ2) is 5.60. The molecule has 1 unspecified atom stereocenters. The second-order valence-corrected chi connectivity index (χ2v) is 5.66. The lowest BCUT2D eigenvalue weighted by atomic mass is 9.83. The van der Waals surface area contributed by atoms with Crippen LogP contribution in [0, 0.1) is 16.7 Å². The highest BCUT2D eigenvalue weighted by Crippen LogP contribution is 2.27. The van der Waals surface area contributed by atoms with Crippen molar-refractivity contribution in [1.29, 1.82) is 5.26 Å². The number of anilines is 1. The summed E-state index contributed by atoms with van der Waals surface area (Å²) < 4.78 is 0. The zero-order valence-electron chi connectivity index (χ0n) is 10.6. The van der Waals surface area contributed by atoms with Gasteiger partial charge in [0.15, 0.2) is 0 Å². The van der Waals surface area contributed by atoms with Gasteiger partial charge in [-0.25, -0.2) is 0 Å². The van der Waals surface area contributed by atoms with Crippen LogP contribution in [0.2, 0.25) is 5.02 Å². The van der Waals surface area contributed by atoms with Crippen molar-refractivity contribution in [3.8, 4) is 6.07 Å². The van der Waals surface area contributed by atoms with E-state index in [1.54, 1.807) is 6.07 Å². The van der Waals surface area contributed by atoms with Crippen molar-refractivity contribution in [2.45, 2.75) is 19.8 Å². The fourth-order valence-electron chi connectivity index (χ4n) is 2.30. The number of hydrogen-bond donors (Lipinski definition) is 2. The maximum atomic E-state index is 8.82. The molecular formula is C14H18ClN3. The van der Waals surface area contributed by atoms with Gasteiger partial charge >= 0.3 is 0 Å². The first-order valence-corrected chi connectivity index (χ1v) is 6.65. The van der Waals surface area contributed by atoms with E-state index in [0.717, 1.165) is 25.3 Å². The van der Waals surface area contributed by atoms with Crippen LogP contribution in [0.15, 0.2) is 18.2 Å². The smallest absolute Gasteiger partial charge is 0.101 e.